The first-order chi connectivity index (χ1) is 12.0. The van der Waals surface area contributed by atoms with Crippen LogP contribution in [0, 0.1) is 20.2 Å². The number of benzene rings is 1. The van der Waals surface area contributed by atoms with Crippen LogP contribution in [-0.2, 0) is 6.18 Å². The highest BCUT2D eigenvalue weighted by Crippen LogP contribution is 2.35. The van der Waals surface area contributed by atoms with E-state index >= 15 is 0 Å². The molecule has 0 atom stereocenters. The summed E-state index contributed by atoms with van der Waals surface area (Å²) in [4.78, 5) is 35.6. The number of non-ortho nitro benzene ring substituents is 1. The minimum absolute atomic E-state index is 0.415. The zero-order valence-electron chi connectivity index (χ0n) is 12.4. The lowest BCUT2D eigenvalue weighted by molar-refractivity contribution is -0.394. The van der Waals surface area contributed by atoms with E-state index in [0.717, 1.165) is 18.2 Å². The van der Waals surface area contributed by atoms with Gasteiger partial charge in [0.2, 0.25) is 5.75 Å². The molecule has 10 nitrogen and oxygen atoms in total. The molecule has 136 valence electrons. The van der Waals surface area contributed by atoms with Gasteiger partial charge in [0.1, 0.15) is 5.69 Å². The number of halogens is 3. The third-order valence-electron chi connectivity index (χ3n) is 3.02. The van der Waals surface area contributed by atoms with Crippen LogP contribution >= 0.6 is 0 Å². The summed E-state index contributed by atoms with van der Waals surface area (Å²) in [6.45, 7) is 0. The van der Waals surface area contributed by atoms with Crippen LogP contribution in [0.15, 0.2) is 23.0 Å². The van der Waals surface area contributed by atoms with E-state index in [2.05, 4.69) is 4.98 Å². The van der Waals surface area contributed by atoms with Crippen molar-refractivity contribution in [2.75, 3.05) is 0 Å². The molecule has 0 saturated heterocycles. The third-order valence-corrected chi connectivity index (χ3v) is 3.02. The molecular formula is C13H7F3N4O6. The number of aromatic hydroxyl groups is 1. The van der Waals surface area contributed by atoms with Crippen molar-refractivity contribution in [2.24, 2.45) is 0 Å². The van der Waals surface area contributed by atoms with Gasteiger partial charge in [-0.05, 0) is 18.2 Å². The summed E-state index contributed by atoms with van der Waals surface area (Å²) in [6, 6.07) is 1.79. The van der Waals surface area contributed by atoms with Gasteiger partial charge in [0.15, 0.2) is 0 Å². The number of H-pyrrole nitrogens is 1. The van der Waals surface area contributed by atoms with Gasteiger partial charge in [0.25, 0.3) is 5.69 Å². The molecule has 0 radical (unpaired) electrons. The van der Waals surface area contributed by atoms with E-state index in [9.17, 15) is 43.3 Å². The van der Waals surface area contributed by atoms with Crippen molar-refractivity contribution in [3.8, 4) is 5.75 Å². The number of aromatic nitrogens is 2. The van der Waals surface area contributed by atoms with Crippen molar-refractivity contribution in [1.82, 2.24) is 9.97 Å². The predicted octanol–water partition coefficient (Wildman–Crippen LogP) is 2.48. The number of alkyl halides is 3. The summed E-state index contributed by atoms with van der Waals surface area (Å²) in [6.07, 6.45) is -3.15. The molecule has 2 N–H and O–H groups in total. The van der Waals surface area contributed by atoms with Gasteiger partial charge in [-0.3, -0.25) is 20.2 Å². The Morgan fingerprint density at radius 1 is 1.12 bits per heavy atom. The van der Waals surface area contributed by atoms with Gasteiger partial charge < -0.3 is 10.1 Å². The summed E-state index contributed by atoms with van der Waals surface area (Å²) in [5.74, 6) is -0.933. The van der Waals surface area contributed by atoms with Gasteiger partial charge in [-0.15, -0.1) is 0 Å². The number of nitro benzene ring substituents is 2. The maximum Gasteiger partial charge on any atom is 0.431 e. The second-order valence-corrected chi connectivity index (χ2v) is 4.77. The lowest BCUT2D eigenvalue weighted by Gasteiger charge is -2.06. The summed E-state index contributed by atoms with van der Waals surface area (Å²) in [5, 5.41) is 31.4. The highest BCUT2D eigenvalue weighted by Gasteiger charge is 2.32. The number of nitro groups is 2. The van der Waals surface area contributed by atoms with Crippen LogP contribution in [0.1, 0.15) is 17.0 Å². The Hall–Kier alpha value is -3.77. The van der Waals surface area contributed by atoms with Crippen molar-refractivity contribution < 1.29 is 28.1 Å². The topological polar surface area (TPSA) is 152 Å². The molecule has 0 aliphatic rings. The molecule has 1 heterocycles. The van der Waals surface area contributed by atoms with Gasteiger partial charge >= 0.3 is 17.6 Å². The molecule has 2 rings (SSSR count). The van der Waals surface area contributed by atoms with Crippen LogP contribution in [0.25, 0.3) is 12.2 Å². The molecule has 0 saturated carbocycles. The van der Waals surface area contributed by atoms with Crippen LogP contribution in [0.3, 0.4) is 0 Å². The lowest BCUT2D eigenvalue weighted by atomic mass is 10.1. The highest BCUT2D eigenvalue weighted by atomic mass is 19.4. The largest absolute Gasteiger partial charge is 0.502 e. The van der Waals surface area contributed by atoms with Crippen LogP contribution in [0.5, 0.6) is 5.75 Å². The van der Waals surface area contributed by atoms with E-state index < -0.39 is 55.8 Å². The molecule has 0 amide bonds. The van der Waals surface area contributed by atoms with Crippen LogP contribution < -0.4 is 5.69 Å². The fourth-order valence-electron chi connectivity index (χ4n) is 1.89. The van der Waals surface area contributed by atoms with Gasteiger partial charge in [0.05, 0.1) is 21.6 Å². The van der Waals surface area contributed by atoms with Crippen LogP contribution in [0.2, 0.25) is 0 Å². The monoisotopic (exact) mass is 372 g/mol. The maximum atomic E-state index is 12.6. The number of nitrogens with one attached hydrogen (secondary N) is 1. The molecule has 0 aliphatic heterocycles. The van der Waals surface area contributed by atoms with Crippen molar-refractivity contribution in [3.63, 3.8) is 0 Å². The second-order valence-electron chi connectivity index (χ2n) is 4.77. The van der Waals surface area contributed by atoms with Gasteiger partial charge in [-0.25, -0.2) is 4.79 Å². The minimum atomic E-state index is -4.85. The summed E-state index contributed by atoms with van der Waals surface area (Å²) in [7, 11) is 0. The predicted molar refractivity (Wildman–Crippen MR) is 80.2 cm³/mol. The Kier molecular flexibility index (Phi) is 4.73. The average Bonchev–Trinajstić information content (AvgIpc) is 2.52. The normalized spacial score (nSPS) is 11.7. The van der Waals surface area contributed by atoms with Crippen molar-refractivity contribution in [2.45, 2.75) is 6.18 Å². The lowest BCUT2D eigenvalue weighted by Crippen LogP contribution is -2.19. The summed E-state index contributed by atoms with van der Waals surface area (Å²) < 4.78 is 37.9. The molecule has 26 heavy (non-hydrogen) atoms. The first-order valence-corrected chi connectivity index (χ1v) is 6.51. The van der Waals surface area contributed by atoms with Gasteiger partial charge in [-0.2, -0.15) is 18.2 Å². The van der Waals surface area contributed by atoms with Crippen molar-refractivity contribution in [1.29, 1.82) is 0 Å². The first-order valence-electron chi connectivity index (χ1n) is 6.51. The Bertz CT molecular complexity index is 983. The quantitative estimate of drug-likeness (QED) is 0.617. The summed E-state index contributed by atoms with van der Waals surface area (Å²) >= 11 is 0. The van der Waals surface area contributed by atoms with Crippen LogP contribution in [0.4, 0.5) is 24.5 Å². The van der Waals surface area contributed by atoms with Crippen molar-refractivity contribution >= 4 is 23.5 Å². The Morgan fingerprint density at radius 3 is 2.31 bits per heavy atom. The second kappa shape index (κ2) is 6.62. The Labute approximate surface area is 140 Å². The van der Waals surface area contributed by atoms with E-state index in [0.29, 0.717) is 12.1 Å². The minimum Gasteiger partial charge on any atom is -0.502 e. The zero-order valence-corrected chi connectivity index (χ0v) is 12.4. The van der Waals surface area contributed by atoms with E-state index in [-0.39, 0.29) is 0 Å². The number of hydrogen-bond donors (Lipinski definition) is 2. The number of hydrogen-bond acceptors (Lipinski definition) is 7. The smallest absolute Gasteiger partial charge is 0.431 e. The SMILES string of the molecule is O=c1nc(/C=C/c2cc([N+](=O)[O-])cc([N+](=O)[O-])c2O)cc(C(F)(F)F)[nH]1. The molecule has 0 fully saturated rings. The number of phenols is 1. The summed E-state index contributed by atoms with van der Waals surface area (Å²) in [5.41, 5.74) is -5.26. The van der Waals surface area contributed by atoms with E-state index in [1.54, 1.807) is 0 Å². The van der Waals surface area contributed by atoms with Gasteiger partial charge in [0, 0.05) is 11.6 Å². The molecule has 0 unspecified atom stereocenters. The number of rotatable bonds is 4. The molecule has 2 aromatic rings. The molecule has 0 bridgehead atoms. The van der Waals surface area contributed by atoms with E-state index in [1.165, 1.54) is 4.98 Å². The zero-order chi connectivity index (χ0) is 19.6. The standard InChI is InChI=1S/C13H7F3N4O6/c14-13(15,16)10-4-7(17-12(22)18-10)2-1-6-3-8(19(23)24)5-9(11(6)21)20(25)26/h1-5,21H,(H,17,18,22)/b2-1+. The maximum absolute atomic E-state index is 12.6. The van der Waals surface area contributed by atoms with Crippen LogP contribution in [-0.4, -0.2) is 24.9 Å². The third kappa shape index (κ3) is 4.00. The number of phenolic OH excluding ortho intramolecular Hbond substituents is 1. The average molecular weight is 372 g/mol. The fraction of sp³-hybridized carbons (Fsp3) is 0.0769. The number of nitrogens with zero attached hydrogens (tertiary/aromatic N) is 3. The molecule has 0 spiro atoms. The molecule has 1 aromatic carbocycles. The fourth-order valence-corrected chi connectivity index (χ4v) is 1.89. The Morgan fingerprint density at radius 2 is 1.77 bits per heavy atom. The van der Waals surface area contributed by atoms with Gasteiger partial charge in [-0.1, -0.05) is 0 Å². The van der Waals surface area contributed by atoms with E-state index in [1.807, 2.05) is 0 Å². The van der Waals surface area contributed by atoms with Crippen molar-refractivity contribution in [3.05, 3.63) is 65.9 Å². The highest BCUT2D eigenvalue weighted by molar-refractivity contribution is 5.76. The Balaban J connectivity index is 2.55. The first kappa shape index (κ1) is 18.6. The molecule has 1 aromatic heterocycles. The van der Waals surface area contributed by atoms with E-state index in [4.69, 9.17) is 0 Å². The molecular weight excluding hydrogens is 365 g/mol. The molecule has 0 aliphatic carbocycles. The number of aromatic amines is 1. The molecule has 13 heteroatoms.